The SMILES string of the molecule is CCN(c1ccc(C)cc1)c1cc(F)c(Br)cc1N. The lowest BCUT2D eigenvalue weighted by atomic mass is 10.2. The van der Waals surface area contributed by atoms with Gasteiger partial charge in [0.1, 0.15) is 5.82 Å². The number of nitrogen functional groups attached to an aromatic ring is 1. The van der Waals surface area contributed by atoms with E-state index < -0.39 is 0 Å². The van der Waals surface area contributed by atoms with Gasteiger partial charge in [0, 0.05) is 18.3 Å². The van der Waals surface area contributed by atoms with Crippen LogP contribution in [-0.2, 0) is 0 Å². The zero-order chi connectivity index (χ0) is 14.0. The summed E-state index contributed by atoms with van der Waals surface area (Å²) in [7, 11) is 0. The predicted octanol–water partition coefficient (Wildman–Crippen LogP) is 4.64. The fraction of sp³-hybridized carbons (Fsp3) is 0.200. The van der Waals surface area contributed by atoms with Gasteiger partial charge in [-0.15, -0.1) is 0 Å². The molecule has 4 heteroatoms. The Balaban J connectivity index is 2.47. The minimum absolute atomic E-state index is 0.310. The number of nitrogens with two attached hydrogens (primary N) is 1. The summed E-state index contributed by atoms with van der Waals surface area (Å²) in [6, 6.07) is 11.1. The van der Waals surface area contributed by atoms with Crippen LogP contribution in [-0.4, -0.2) is 6.54 Å². The molecule has 19 heavy (non-hydrogen) atoms. The van der Waals surface area contributed by atoms with E-state index in [1.807, 2.05) is 43.0 Å². The number of rotatable bonds is 3. The van der Waals surface area contributed by atoms with Crippen LogP contribution in [0.25, 0.3) is 0 Å². The Kier molecular flexibility index (Phi) is 4.10. The molecule has 0 atom stereocenters. The summed E-state index contributed by atoms with van der Waals surface area (Å²) in [6.45, 7) is 4.77. The van der Waals surface area contributed by atoms with Gasteiger partial charge >= 0.3 is 0 Å². The highest BCUT2D eigenvalue weighted by molar-refractivity contribution is 9.10. The molecule has 0 saturated carbocycles. The fourth-order valence-electron chi connectivity index (χ4n) is 2.00. The van der Waals surface area contributed by atoms with Crippen molar-refractivity contribution in [3.63, 3.8) is 0 Å². The molecular formula is C15H16BrFN2. The number of benzene rings is 2. The minimum Gasteiger partial charge on any atom is -0.397 e. The average Bonchev–Trinajstić information content (AvgIpc) is 2.38. The number of nitrogens with zero attached hydrogens (tertiary/aromatic N) is 1. The van der Waals surface area contributed by atoms with E-state index in [1.54, 1.807) is 6.07 Å². The average molecular weight is 323 g/mol. The van der Waals surface area contributed by atoms with Gasteiger partial charge in [0.05, 0.1) is 15.8 Å². The number of anilines is 3. The molecule has 2 rings (SSSR count). The van der Waals surface area contributed by atoms with Crippen molar-refractivity contribution in [1.29, 1.82) is 0 Å². The van der Waals surface area contributed by atoms with Gasteiger partial charge in [-0.05, 0) is 48.0 Å². The predicted molar refractivity (Wildman–Crippen MR) is 82.4 cm³/mol. The third-order valence-electron chi connectivity index (χ3n) is 3.02. The van der Waals surface area contributed by atoms with E-state index in [4.69, 9.17) is 5.73 Å². The fourth-order valence-corrected chi connectivity index (χ4v) is 2.36. The van der Waals surface area contributed by atoms with Crippen molar-refractivity contribution >= 4 is 33.0 Å². The van der Waals surface area contributed by atoms with Gasteiger partial charge in [0.2, 0.25) is 0 Å². The molecule has 0 radical (unpaired) electrons. The molecule has 0 aliphatic carbocycles. The van der Waals surface area contributed by atoms with Crippen LogP contribution in [0.2, 0.25) is 0 Å². The first-order valence-corrected chi connectivity index (χ1v) is 6.91. The van der Waals surface area contributed by atoms with Gasteiger partial charge in [-0.1, -0.05) is 17.7 Å². The molecular weight excluding hydrogens is 307 g/mol. The van der Waals surface area contributed by atoms with Crippen molar-refractivity contribution in [3.8, 4) is 0 Å². The second kappa shape index (κ2) is 5.61. The number of halogens is 2. The summed E-state index contributed by atoms with van der Waals surface area (Å²) in [5.41, 5.74) is 9.43. The smallest absolute Gasteiger partial charge is 0.139 e. The number of hydrogen-bond acceptors (Lipinski definition) is 2. The Morgan fingerprint density at radius 3 is 2.42 bits per heavy atom. The Bertz CT molecular complexity index is 581. The highest BCUT2D eigenvalue weighted by Crippen LogP contribution is 2.33. The van der Waals surface area contributed by atoms with Gasteiger partial charge in [0.25, 0.3) is 0 Å². The Hall–Kier alpha value is -1.55. The second-order valence-corrected chi connectivity index (χ2v) is 5.26. The Morgan fingerprint density at radius 2 is 1.84 bits per heavy atom. The highest BCUT2D eigenvalue weighted by atomic mass is 79.9. The van der Waals surface area contributed by atoms with E-state index in [2.05, 4.69) is 15.9 Å². The molecule has 0 aliphatic rings. The molecule has 2 aromatic carbocycles. The van der Waals surface area contributed by atoms with Crippen molar-refractivity contribution in [3.05, 3.63) is 52.3 Å². The van der Waals surface area contributed by atoms with E-state index in [1.165, 1.54) is 11.6 Å². The summed E-state index contributed by atoms with van der Waals surface area (Å²) < 4.78 is 14.1. The van der Waals surface area contributed by atoms with Crippen molar-refractivity contribution < 1.29 is 4.39 Å². The summed E-state index contributed by atoms with van der Waals surface area (Å²) in [5, 5.41) is 0. The molecule has 0 fully saturated rings. The van der Waals surface area contributed by atoms with E-state index >= 15 is 0 Å². The first-order valence-electron chi connectivity index (χ1n) is 6.11. The molecule has 0 heterocycles. The van der Waals surface area contributed by atoms with Crippen LogP contribution in [0.15, 0.2) is 40.9 Å². The second-order valence-electron chi connectivity index (χ2n) is 4.40. The summed E-state index contributed by atoms with van der Waals surface area (Å²) in [4.78, 5) is 1.99. The van der Waals surface area contributed by atoms with E-state index in [9.17, 15) is 4.39 Å². The van der Waals surface area contributed by atoms with Crippen LogP contribution >= 0.6 is 15.9 Å². The summed E-state index contributed by atoms with van der Waals surface area (Å²) in [6.07, 6.45) is 0. The third kappa shape index (κ3) is 2.89. The lowest BCUT2D eigenvalue weighted by Gasteiger charge is -2.25. The topological polar surface area (TPSA) is 29.3 Å². The molecule has 100 valence electrons. The standard InChI is InChI=1S/C15H16BrFN2/c1-3-19(11-6-4-10(2)5-7-11)15-9-13(17)12(16)8-14(15)18/h4-9H,3,18H2,1-2H3. The molecule has 0 aliphatic heterocycles. The molecule has 0 spiro atoms. The number of aryl methyl sites for hydroxylation is 1. The van der Waals surface area contributed by atoms with Gasteiger partial charge in [0.15, 0.2) is 0 Å². The molecule has 0 amide bonds. The lowest BCUT2D eigenvalue weighted by Crippen LogP contribution is -2.17. The van der Waals surface area contributed by atoms with Crippen LogP contribution in [0.1, 0.15) is 12.5 Å². The third-order valence-corrected chi connectivity index (χ3v) is 3.63. The zero-order valence-corrected chi connectivity index (χ0v) is 12.5. The van der Waals surface area contributed by atoms with Crippen LogP contribution in [0.5, 0.6) is 0 Å². The van der Waals surface area contributed by atoms with Crippen LogP contribution in [0.4, 0.5) is 21.5 Å². The molecule has 2 N–H and O–H groups in total. The Labute approximate surface area is 121 Å². The normalized spacial score (nSPS) is 10.5. The number of hydrogen-bond donors (Lipinski definition) is 1. The molecule has 0 saturated heterocycles. The van der Waals surface area contributed by atoms with Crippen molar-refractivity contribution in [2.45, 2.75) is 13.8 Å². The first-order chi connectivity index (χ1) is 9.02. The molecule has 2 aromatic rings. The van der Waals surface area contributed by atoms with Crippen molar-refractivity contribution in [1.82, 2.24) is 0 Å². The highest BCUT2D eigenvalue weighted by Gasteiger charge is 2.13. The van der Waals surface area contributed by atoms with E-state index in [-0.39, 0.29) is 5.82 Å². The van der Waals surface area contributed by atoms with Crippen molar-refractivity contribution in [2.75, 3.05) is 17.2 Å². The Morgan fingerprint density at radius 1 is 1.21 bits per heavy atom. The van der Waals surface area contributed by atoms with Crippen LogP contribution in [0, 0.1) is 12.7 Å². The molecule has 0 bridgehead atoms. The first kappa shape index (κ1) is 13.9. The zero-order valence-electron chi connectivity index (χ0n) is 11.0. The monoisotopic (exact) mass is 322 g/mol. The maximum atomic E-state index is 13.7. The molecule has 0 aromatic heterocycles. The van der Waals surface area contributed by atoms with E-state index in [0.717, 1.165) is 5.69 Å². The maximum Gasteiger partial charge on any atom is 0.139 e. The molecule has 2 nitrogen and oxygen atoms in total. The largest absolute Gasteiger partial charge is 0.397 e. The van der Waals surface area contributed by atoms with Crippen LogP contribution in [0.3, 0.4) is 0 Å². The van der Waals surface area contributed by atoms with Gasteiger partial charge in [-0.25, -0.2) is 4.39 Å². The van der Waals surface area contributed by atoms with E-state index in [0.29, 0.717) is 22.4 Å². The molecule has 0 unspecified atom stereocenters. The van der Waals surface area contributed by atoms with Gasteiger partial charge in [-0.2, -0.15) is 0 Å². The maximum absolute atomic E-state index is 13.7. The summed E-state index contributed by atoms with van der Waals surface area (Å²) >= 11 is 3.14. The summed E-state index contributed by atoms with van der Waals surface area (Å²) in [5.74, 6) is -0.310. The van der Waals surface area contributed by atoms with Crippen LogP contribution < -0.4 is 10.6 Å². The lowest BCUT2D eigenvalue weighted by molar-refractivity contribution is 0.621. The minimum atomic E-state index is -0.310. The van der Waals surface area contributed by atoms with Gasteiger partial charge in [-0.3, -0.25) is 0 Å². The van der Waals surface area contributed by atoms with Gasteiger partial charge < -0.3 is 10.6 Å². The van der Waals surface area contributed by atoms with Crippen molar-refractivity contribution in [2.24, 2.45) is 0 Å². The quantitative estimate of drug-likeness (QED) is 0.834.